The van der Waals surface area contributed by atoms with Crippen LogP contribution >= 0.6 is 0 Å². The summed E-state index contributed by atoms with van der Waals surface area (Å²) < 4.78 is 8.46. The predicted molar refractivity (Wildman–Crippen MR) is 115 cm³/mol. The first-order valence-corrected chi connectivity index (χ1v) is 10.7. The van der Waals surface area contributed by atoms with Gasteiger partial charge in [0.2, 0.25) is 0 Å². The molecule has 1 aromatic heterocycles. The van der Waals surface area contributed by atoms with Crippen LogP contribution in [0.3, 0.4) is 0 Å². The van der Waals surface area contributed by atoms with E-state index in [9.17, 15) is 14.7 Å². The Balaban J connectivity index is 1.65. The zero-order chi connectivity index (χ0) is 21.4. The zero-order valence-corrected chi connectivity index (χ0v) is 17.1. The number of ether oxygens (including phenoxy) is 1. The van der Waals surface area contributed by atoms with Gasteiger partial charge in [-0.05, 0) is 56.0 Å². The lowest BCUT2D eigenvalue weighted by Crippen LogP contribution is -2.30. The van der Waals surface area contributed by atoms with E-state index in [0.717, 1.165) is 32.1 Å². The Bertz CT molecular complexity index is 1200. The predicted octanol–water partition coefficient (Wildman–Crippen LogP) is 3.74. The van der Waals surface area contributed by atoms with Crippen LogP contribution in [0.2, 0.25) is 0 Å². The van der Waals surface area contributed by atoms with E-state index >= 15 is 0 Å². The molecule has 0 unspecified atom stereocenters. The highest BCUT2D eigenvalue weighted by Gasteiger charge is 2.44. The van der Waals surface area contributed by atoms with Crippen molar-refractivity contribution in [3.05, 3.63) is 82.2 Å². The molecule has 31 heavy (non-hydrogen) atoms. The minimum atomic E-state index is -0.468. The first-order chi connectivity index (χ1) is 15.1. The van der Waals surface area contributed by atoms with Gasteiger partial charge in [0.15, 0.2) is 0 Å². The normalized spacial score (nSPS) is 19.1. The second kappa shape index (κ2) is 7.61. The molecule has 2 fully saturated rings. The molecule has 0 bridgehead atoms. The van der Waals surface area contributed by atoms with Gasteiger partial charge in [-0.2, -0.15) is 0 Å². The Morgan fingerprint density at radius 3 is 2.03 bits per heavy atom. The fourth-order valence-electron chi connectivity index (χ4n) is 4.71. The van der Waals surface area contributed by atoms with E-state index in [2.05, 4.69) is 0 Å². The average Bonchev–Trinajstić information content (AvgIpc) is 3.23. The number of carbonyl (C=O) groups excluding carboxylic acids is 1. The summed E-state index contributed by atoms with van der Waals surface area (Å²) in [6.45, 7) is 0. The van der Waals surface area contributed by atoms with E-state index in [4.69, 9.17) is 4.74 Å². The van der Waals surface area contributed by atoms with Gasteiger partial charge in [-0.1, -0.05) is 42.8 Å². The highest BCUT2D eigenvalue weighted by molar-refractivity contribution is 5.96. The molecule has 158 valence electrons. The van der Waals surface area contributed by atoms with E-state index in [1.54, 1.807) is 24.3 Å². The van der Waals surface area contributed by atoms with E-state index in [-0.39, 0.29) is 5.56 Å². The molecular formula is C25H23N2O4-. The van der Waals surface area contributed by atoms with Crippen molar-refractivity contribution in [1.29, 1.82) is 0 Å². The summed E-state index contributed by atoms with van der Waals surface area (Å²) in [6.07, 6.45) is 6.77. The molecule has 2 heterocycles. The maximum absolute atomic E-state index is 13.4. The molecule has 1 saturated heterocycles. The number of hydrogen-bond acceptors (Lipinski definition) is 4. The van der Waals surface area contributed by atoms with Gasteiger partial charge in [-0.3, -0.25) is 9.48 Å². The van der Waals surface area contributed by atoms with Crippen molar-refractivity contribution in [2.24, 2.45) is 0 Å². The smallest absolute Gasteiger partial charge is 0.334 e. The van der Waals surface area contributed by atoms with Crippen LogP contribution in [0.4, 0.5) is 0 Å². The lowest BCUT2D eigenvalue weighted by Gasteiger charge is -2.31. The number of carbonyl (C=O) groups is 1. The van der Waals surface area contributed by atoms with Crippen molar-refractivity contribution in [2.45, 2.75) is 44.1 Å². The molecule has 6 heteroatoms. The third-order valence-electron chi connectivity index (χ3n) is 6.21. The number of esters is 1. The average molecular weight is 415 g/mol. The van der Waals surface area contributed by atoms with Gasteiger partial charge in [-0.25, -0.2) is 9.48 Å². The third-order valence-corrected chi connectivity index (χ3v) is 6.21. The maximum Gasteiger partial charge on any atom is 0.334 e. The molecule has 1 spiro atoms. The first kappa shape index (κ1) is 19.4. The number of hydrogen-bond donors (Lipinski definition) is 0. The molecule has 0 radical (unpaired) electrons. The fraction of sp³-hybridized carbons (Fsp3) is 0.280. The number of nitrogens with zero attached hydrogens (tertiary/aromatic N) is 2. The van der Waals surface area contributed by atoms with Crippen molar-refractivity contribution in [2.75, 3.05) is 0 Å². The molecule has 3 aromatic rings. The fourth-order valence-corrected chi connectivity index (χ4v) is 4.71. The standard InChI is InChI=1S/C25H24N2O4/c28-22-21(16-18-17-25(31-24(18)30)14-8-3-9-15-25)23(29)27(20-12-6-2-7-13-20)26(22)19-10-4-1-5-11-19/h1-2,4-7,10-13,16,28H,3,8-9,14-15,17H2/p-1. The van der Waals surface area contributed by atoms with Crippen molar-refractivity contribution in [1.82, 2.24) is 9.36 Å². The number of benzene rings is 2. The molecule has 2 aromatic carbocycles. The quantitative estimate of drug-likeness (QED) is 0.482. The summed E-state index contributed by atoms with van der Waals surface area (Å²) in [7, 11) is 0. The van der Waals surface area contributed by atoms with Crippen molar-refractivity contribution < 1.29 is 14.6 Å². The van der Waals surface area contributed by atoms with Crippen molar-refractivity contribution in [3.8, 4) is 17.3 Å². The zero-order valence-electron chi connectivity index (χ0n) is 17.1. The van der Waals surface area contributed by atoms with Gasteiger partial charge in [0.1, 0.15) is 5.60 Å². The minimum Gasteiger partial charge on any atom is -0.858 e. The summed E-state index contributed by atoms with van der Waals surface area (Å²) in [5.41, 5.74) is 0.621. The second-order valence-electron chi connectivity index (χ2n) is 8.30. The van der Waals surface area contributed by atoms with Gasteiger partial charge >= 0.3 is 5.97 Å². The molecule has 0 atom stereocenters. The molecule has 1 saturated carbocycles. The van der Waals surface area contributed by atoms with Crippen molar-refractivity contribution in [3.63, 3.8) is 0 Å². The van der Waals surface area contributed by atoms with Crippen LogP contribution < -0.4 is 10.7 Å². The Kier molecular flexibility index (Phi) is 4.77. The molecule has 0 N–H and O–H groups in total. The van der Waals surface area contributed by atoms with E-state index < -0.39 is 23.0 Å². The number of para-hydroxylation sites is 2. The Morgan fingerprint density at radius 1 is 0.839 bits per heavy atom. The van der Waals surface area contributed by atoms with Crippen LogP contribution in [0.1, 0.15) is 44.1 Å². The Hall–Kier alpha value is -3.54. The summed E-state index contributed by atoms with van der Waals surface area (Å²) >= 11 is 0. The van der Waals surface area contributed by atoms with E-state index in [0.29, 0.717) is 23.4 Å². The van der Waals surface area contributed by atoms with Crippen LogP contribution in [0.5, 0.6) is 5.88 Å². The summed E-state index contributed by atoms with van der Waals surface area (Å²) in [6, 6.07) is 18.1. The largest absolute Gasteiger partial charge is 0.858 e. The SMILES string of the molecule is O=C1OC2(CCCCC2)CC1=Cc1c([O-])n(-c2ccccc2)n(-c2ccccc2)c1=O. The molecule has 1 aliphatic carbocycles. The summed E-state index contributed by atoms with van der Waals surface area (Å²) in [5.74, 6) is -0.871. The third kappa shape index (κ3) is 3.38. The molecule has 0 amide bonds. The molecule has 5 rings (SSSR count). The van der Waals surface area contributed by atoms with Crippen LogP contribution in [0.15, 0.2) is 71.0 Å². The summed E-state index contributed by atoms with van der Waals surface area (Å²) in [4.78, 5) is 26.0. The summed E-state index contributed by atoms with van der Waals surface area (Å²) in [5, 5.41) is 13.4. The van der Waals surface area contributed by atoms with Crippen LogP contribution in [0.25, 0.3) is 17.5 Å². The molecule has 1 aliphatic heterocycles. The highest BCUT2D eigenvalue weighted by atomic mass is 16.6. The van der Waals surface area contributed by atoms with Crippen LogP contribution in [0, 0.1) is 0 Å². The van der Waals surface area contributed by atoms with Gasteiger partial charge in [-0.15, -0.1) is 0 Å². The van der Waals surface area contributed by atoms with Crippen LogP contribution in [-0.4, -0.2) is 20.9 Å². The number of rotatable bonds is 3. The van der Waals surface area contributed by atoms with E-state index in [1.165, 1.54) is 15.4 Å². The van der Waals surface area contributed by atoms with Gasteiger partial charge in [0, 0.05) is 17.9 Å². The highest BCUT2D eigenvalue weighted by Crippen LogP contribution is 2.42. The molecule has 2 aliphatic rings. The lowest BCUT2D eigenvalue weighted by molar-refractivity contribution is -0.278. The first-order valence-electron chi connectivity index (χ1n) is 10.7. The molecular weight excluding hydrogens is 392 g/mol. The lowest BCUT2D eigenvalue weighted by atomic mass is 9.82. The van der Waals surface area contributed by atoms with Crippen LogP contribution in [-0.2, 0) is 9.53 Å². The van der Waals surface area contributed by atoms with Crippen molar-refractivity contribution >= 4 is 12.0 Å². The molecule has 6 nitrogen and oxygen atoms in total. The maximum atomic E-state index is 13.4. The monoisotopic (exact) mass is 415 g/mol. The van der Waals surface area contributed by atoms with Gasteiger partial charge < -0.3 is 9.84 Å². The van der Waals surface area contributed by atoms with Gasteiger partial charge in [0.05, 0.1) is 16.9 Å². The second-order valence-corrected chi connectivity index (χ2v) is 8.30. The topological polar surface area (TPSA) is 76.3 Å². The number of aromatic nitrogens is 2. The Labute approximate surface area is 180 Å². The van der Waals surface area contributed by atoms with E-state index in [1.807, 2.05) is 36.4 Å². The Morgan fingerprint density at radius 2 is 1.42 bits per heavy atom. The van der Waals surface area contributed by atoms with Gasteiger partial charge in [0.25, 0.3) is 5.56 Å². The minimum absolute atomic E-state index is 0.0208.